The summed E-state index contributed by atoms with van der Waals surface area (Å²) in [5, 5.41) is 40.1. The van der Waals surface area contributed by atoms with Gasteiger partial charge >= 0.3 is 0 Å². The van der Waals surface area contributed by atoms with Gasteiger partial charge < -0.3 is 29.9 Å². The number of aliphatic hydroxyl groups excluding tert-OH is 3. The van der Waals surface area contributed by atoms with E-state index in [4.69, 9.17) is 14.6 Å². The van der Waals surface area contributed by atoms with Crippen molar-refractivity contribution in [2.24, 2.45) is 5.41 Å². The molecule has 0 aromatic carbocycles. The third kappa shape index (κ3) is 6.71. The van der Waals surface area contributed by atoms with Crippen LogP contribution in [0.1, 0.15) is 26.2 Å². The van der Waals surface area contributed by atoms with Crippen molar-refractivity contribution in [1.29, 1.82) is 0 Å². The maximum Gasteiger partial charge on any atom is 0.123 e. The molecule has 0 aromatic heterocycles. The van der Waals surface area contributed by atoms with Gasteiger partial charge in [-0.15, -0.1) is 13.2 Å². The predicted octanol–water partition coefficient (Wildman–Crippen LogP) is 0.645. The molecule has 0 spiro atoms. The standard InChI is InChI=1S/C17H32O6/c1-4-6-7-11-23-14-17(21,15(20)8-9-18)16(3,12-19)13-22-10-5-2/h4-5,15,18-21H,1-2,6-14H2,3H3. The maximum atomic E-state index is 11.0. The van der Waals surface area contributed by atoms with E-state index in [0.717, 1.165) is 12.8 Å². The molecular weight excluding hydrogens is 300 g/mol. The molecule has 23 heavy (non-hydrogen) atoms. The van der Waals surface area contributed by atoms with Crippen molar-refractivity contribution in [1.82, 2.24) is 0 Å². The van der Waals surface area contributed by atoms with Gasteiger partial charge in [0.2, 0.25) is 0 Å². The normalized spacial score (nSPS) is 18.0. The molecule has 0 aliphatic heterocycles. The second-order valence-corrected chi connectivity index (χ2v) is 5.96. The summed E-state index contributed by atoms with van der Waals surface area (Å²) in [5.74, 6) is 0. The maximum absolute atomic E-state index is 11.0. The molecule has 0 amide bonds. The Morgan fingerprint density at radius 3 is 2.35 bits per heavy atom. The first-order valence-corrected chi connectivity index (χ1v) is 7.91. The van der Waals surface area contributed by atoms with E-state index in [0.29, 0.717) is 6.61 Å². The van der Waals surface area contributed by atoms with Crippen LogP contribution in [0.15, 0.2) is 25.3 Å². The lowest BCUT2D eigenvalue weighted by molar-refractivity contribution is -0.215. The fourth-order valence-corrected chi connectivity index (χ4v) is 2.27. The third-order valence-corrected chi connectivity index (χ3v) is 4.02. The summed E-state index contributed by atoms with van der Waals surface area (Å²) in [5.41, 5.74) is -2.90. The van der Waals surface area contributed by atoms with Crippen molar-refractivity contribution >= 4 is 0 Å². The number of allylic oxidation sites excluding steroid dienone is 1. The van der Waals surface area contributed by atoms with Crippen LogP contribution in [0.4, 0.5) is 0 Å². The van der Waals surface area contributed by atoms with Crippen molar-refractivity contribution in [2.75, 3.05) is 39.6 Å². The Bertz CT molecular complexity index is 335. The zero-order valence-electron chi connectivity index (χ0n) is 14.1. The third-order valence-electron chi connectivity index (χ3n) is 4.02. The zero-order chi connectivity index (χ0) is 17.8. The van der Waals surface area contributed by atoms with Gasteiger partial charge in [-0.25, -0.2) is 0 Å². The molecule has 0 aliphatic rings. The predicted molar refractivity (Wildman–Crippen MR) is 89.1 cm³/mol. The molecule has 4 N–H and O–H groups in total. The van der Waals surface area contributed by atoms with E-state index in [-0.39, 0.29) is 32.8 Å². The van der Waals surface area contributed by atoms with E-state index >= 15 is 0 Å². The van der Waals surface area contributed by atoms with Crippen molar-refractivity contribution in [3.05, 3.63) is 25.3 Å². The van der Waals surface area contributed by atoms with E-state index in [9.17, 15) is 15.3 Å². The van der Waals surface area contributed by atoms with Crippen molar-refractivity contribution in [2.45, 2.75) is 37.9 Å². The van der Waals surface area contributed by atoms with E-state index < -0.39 is 23.7 Å². The summed E-state index contributed by atoms with van der Waals surface area (Å²) in [7, 11) is 0. The number of rotatable bonds is 15. The van der Waals surface area contributed by atoms with Crippen molar-refractivity contribution in [3.63, 3.8) is 0 Å². The van der Waals surface area contributed by atoms with Gasteiger partial charge in [-0.05, 0) is 19.3 Å². The van der Waals surface area contributed by atoms with E-state index in [2.05, 4.69) is 13.2 Å². The van der Waals surface area contributed by atoms with Gasteiger partial charge in [0.15, 0.2) is 0 Å². The van der Waals surface area contributed by atoms with Crippen LogP contribution in [0.5, 0.6) is 0 Å². The highest BCUT2D eigenvalue weighted by molar-refractivity contribution is 5.01. The fraction of sp³-hybridized carbons (Fsp3) is 0.765. The number of unbranched alkanes of at least 4 members (excludes halogenated alkanes) is 1. The van der Waals surface area contributed by atoms with E-state index in [1.54, 1.807) is 19.1 Å². The quantitative estimate of drug-likeness (QED) is 0.259. The second-order valence-electron chi connectivity index (χ2n) is 5.96. The van der Waals surface area contributed by atoms with Crippen LogP contribution in [0.3, 0.4) is 0 Å². The molecule has 0 heterocycles. The van der Waals surface area contributed by atoms with Crippen LogP contribution in [-0.2, 0) is 9.47 Å². The Kier molecular flexibility index (Phi) is 11.3. The highest BCUT2D eigenvalue weighted by Crippen LogP contribution is 2.36. The molecule has 6 heteroatoms. The van der Waals surface area contributed by atoms with Gasteiger partial charge in [0.05, 0.1) is 32.5 Å². The summed E-state index contributed by atoms with van der Waals surface area (Å²) >= 11 is 0. The van der Waals surface area contributed by atoms with Gasteiger partial charge in [-0.2, -0.15) is 0 Å². The fourth-order valence-electron chi connectivity index (χ4n) is 2.27. The monoisotopic (exact) mass is 332 g/mol. The average molecular weight is 332 g/mol. The molecule has 0 saturated carbocycles. The Labute approximate surface area is 139 Å². The van der Waals surface area contributed by atoms with Crippen LogP contribution in [0.2, 0.25) is 0 Å². The molecule has 0 radical (unpaired) electrons. The number of hydrogen-bond acceptors (Lipinski definition) is 6. The van der Waals surface area contributed by atoms with E-state index in [1.165, 1.54) is 0 Å². The molecule has 0 fully saturated rings. The minimum absolute atomic E-state index is 0.0184. The summed E-state index contributed by atoms with van der Waals surface area (Å²) in [6.45, 7) is 8.61. The second kappa shape index (κ2) is 11.7. The van der Waals surface area contributed by atoms with Gasteiger partial charge in [0.25, 0.3) is 0 Å². The van der Waals surface area contributed by atoms with Gasteiger partial charge in [-0.1, -0.05) is 19.1 Å². The number of hydrogen-bond donors (Lipinski definition) is 4. The summed E-state index contributed by atoms with van der Waals surface area (Å²) in [6.07, 6.45) is 3.60. The lowest BCUT2D eigenvalue weighted by Crippen LogP contribution is -2.62. The molecule has 0 aromatic rings. The highest BCUT2D eigenvalue weighted by Gasteiger charge is 2.51. The number of aliphatic hydroxyl groups is 4. The van der Waals surface area contributed by atoms with Crippen LogP contribution in [0.25, 0.3) is 0 Å². The Morgan fingerprint density at radius 2 is 1.83 bits per heavy atom. The minimum Gasteiger partial charge on any atom is -0.396 e. The molecule has 136 valence electrons. The molecular formula is C17H32O6. The van der Waals surface area contributed by atoms with Crippen LogP contribution in [0, 0.1) is 5.41 Å². The lowest BCUT2D eigenvalue weighted by atomic mass is 9.70. The Hall–Kier alpha value is -0.760. The molecule has 0 bridgehead atoms. The lowest BCUT2D eigenvalue weighted by Gasteiger charge is -2.46. The average Bonchev–Trinajstić information content (AvgIpc) is 2.54. The van der Waals surface area contributed by atoms with Gasteiger partial charge in [0.1, 0.15) is 5.60 Å². The summed E-state index contributed by atoms with van der Waals surface area (Å²) < 4.78 is 10.9. The molecule has 3 atom stereocenters. The van der Waals surface area contributed by atoms with Crippen LogP contribution < -0.4 is 0 Å². The smallest absolute Gasteiger partial charge is 0.123 e. The number of ether oxygens (including phenoxy) is 2. The summed E-state index contributed by atoms with van der Waals surface area (Å²) in [6, 6.07) is 0. The largest absolute Gasteiger partial charge is 0.396 e. The molecule has 3 unspecified atom stereocenters. The first kappa shape index (κ1) is 22.2. The van der Waals surface area contributed by atoms with Gasteiger partial charge in [-0.3, -0.25) is 0 Å². The highest BCUT2D eigenvalue weighted by atomic mass is 16.5. The van der Waals surface area contributed by atoms with Crippen molar-refractivity contribution < 1.29 is 29.9 Å². The van der Waals surface area contributed by atoms with Gasteiger partial charge in [0, 0.05) is 18.6 Å². The minimum atomic E-state index is -1.75. The topological polar surface area (TPSA) is 99.4 Å². The van der Waals surface area contributed by atoms with Crippen LogP contribution >= 0.6 is 0 Å². The SMILES string of the molecule is C=CCCCOCC(O)(C(O)CCO)C(C)(CO)COCC=C. The molecule has 0 rings (SSSR count). The first-order valence-electron chi connectivity index (χ1n) is 7.91. The Morgan fingerprint density at radius 1 is 1.13 bits per heavy atom. The first-order chi connectivity index (χ1) is 10.9. The molecule has 6 nitrogen and oxygen atoms in total. The summed E-state index contributed by atoms with van der Waals surface area (Å²) in [4.78, 5) is 0. The van der Waals surface area contributed by atoms with Crippen molar-refractivity contribution in [3.8, 4) is 0 Å². The Balaban J connectivity index is 5.03. The van der Waals surface area contributed by atoms with E-state index in [1.807, 2.05) is 0 Å². The van der Waals surface area contributed by atoms with Crippen LogP contribution in [-0.4, -0.2) is 71.8 Å². The zero-order valence-corrected chi connectivity index (χ0v) is 14.1. The molecule has 0 aliphatic carbocycles. The molecule has 0 saturated heterocycles.